The molecule has 40 heavy (non-hydrogen) atoms. The van der Waals surface area contributed by atoms with E-state index in [2.05, 4.69) is 5.32 Å². The Morgan fingerprint density at radius 2 is 1.57 bits per heavy atom. The standard InChI is InChI=1S/C30H32FN3O5S/c1-30(2,3)32-28(36)25(19-21-11-5-4-6-12-21)33(20-22-13-7-9-15-24(22)31)27(35)17-18-34-29(37)23-14-8-10-16-26(23)40(34,38)39/h4-16,25H,17-20H2,1-3H3,(H,32,36). The highest BCUT2D eigenvalue weighted by molar-refractivity contribution is 7.90. The first kappa shape index (κ1) is 28.9. The lowest BCUT2D eigenvalue weighted by Gasteiger charge is -2.34. The molecule has 0 bridgehead atoms. The molecule has 210 valence electrons. The van der Waals surface area contributed by atoms with E-state index in [-0.39, 0.29) is 35.4 Å². The van der Waals surface area contributed by atoms with Crippen LogP contribution in [0.15, 0.2) is 83.8 Å². The highest BCUT2D eigenvalue weighted by Gasteiger charge is 2.41. The molecule has 4 rings (SSSR count). The van der Waals surface area contributed by atoms with Gasteiger partial charge < -0.3 is 10.2 Å². The topological polar surface area (TPSA) is 104 Å². The predicted octanol–water partition coefficient (Wildman–Crippen LogP) is 3.92. The van der Waals surface area contributed by atoms with E-state index in [0.29, 0.717) is 4.31 Å². The molecule has 1 aliphatic rings. The van der Waals surface area contributed by atoms with Crippen molar-refractivity contribution >= 4 is 27.7 Å². The number of amides is 3. The minimum Gasteiger partial charge on any atom is -0.350 e. The monoisotopic (exact) mass is 565 g/mol. The molecule has 0 spiro atoms. The summed E-state index contributed by atoms with van der Waals surface area (Å²) in [7, 11) is -4.12. The van der Waals surface area contributed by atoms with Gasteiger partial charge in [0.05, 0.1) is 5.56 Å². The summed E-state index contributed by atoms with van der Waals surface area (Å²) in [5.41, 5.74) is 0.427. The Hall–Kier alpha value is -4.05. The van der Waals surface area contributed by atoms with Crippen LogP contribution in [-0.4, -0.2) is 53.5 Å². The van der Waals surface area contributed by atoms with Crippen molar-refractivity contribution in [3.05, 3.63) is 101 Å². The third-order valence-corrected chi connectivity index (χ3v) is 8.35. The molecule has 0 aromatic heterocycles. The van der Waals surface area contributed by atoms with Gasteiger partial charge in [-0.25, -0.2) is 17.1 Å². The molecule has 1 N–H and O–H groups in total. The van der Waals surface area contributed by atoms with Crippen molar-refractivity contribution in [1.82, 2.24) is 14.5 Å². The van der Waals surface area contributed by atoms with Gasteiger partial charge in [0.2, 0.25) is 11.8 Å². The SMILES string of the molecule is CC(C)(C)NC(=O)C(Cc1ccccc1)N(Cc1ccccc1F)C(=O)CCN1C(=O)c2ccccc2S1(=O)=O. The Balaban J connectivity index is 1.66. The molecule has 0 saturated heterocycles. The van der Waals surface area contributed by atoms with Crippen molar-refractivity contribution in [2.45, 2.75) is 56.6 Å². The second-order valence-electron chi connectivity index (χ2n) is 10.7. The van der Waals surface area contributed by atoms with E-state index >= 15 is 0 Å². The first-order valence-electron chi connectivity index (χ1n) is 12.9. The minimum absolute atomic E-state index is 0.0460. The van der Waals surface area contributed by atoms with Crippen LogP contribution in [0.3, 0.4) is 0 Å². The second-order valence-corrected chi connectivity index (χ2v) is 12.5. The molecular formula is C30H32FN3O5S. The van der Waals surface area contributed by atoms with Gasteiger partial charge in [-0.05, 0) is 44.5 Å². The van der Waals surface area contributed by atoms with Gasteiger partial charge in [-0.3, -0.25) is 14.4 Å². The van der Waals surface area contributed by atoms with Gasteiger partial charge >= 0.3 is 0 Å². The van der Waals surface area contributed by atoms with Crippen LogP contribution >= 0.6 is 0 Å². The summed E-state index contributed by atoms with van der Waals surface area (Å²) in [4.78, 5) is 41.4. The quantitative estimate of drug-likeness (QED) is 0.424. The average molecular weight is 566 g/mol. The Kier molecular flexibility index (Phi) is 8.39. The van der Waals surface area contributed by atoms with Gasteiger partial charge in [0.15, 0.2) is 0 Å². The molecule has 0 radical (unpaired) electrons. The van der Waals surface area contributed by atoms with E-state index in [1.54, 1.807) is 12.1 Å². The zero-order chi connectivity index (χ0) is 29.1. The third-order valence-electron chi connectivity index (χ3n) is 6.51. The average Bonchev–Trinajstić information content (AvgIpc) is 3.10. The molecule has 3 aromatic carbocycles. The molecule has 0 fully saturated rings. The van der Waals surface area contributed by atoms with E-state index in [1.165, 1.54) is 41.3 Å². The lowest BCUT2D eigenvalue weighted by atomic mass is 10.0. The highest BCUT2D eigenvalue weighted by Crippen LogP contribution is 2.30. The maximum absolute atomic E-state index is 14.7. The predicted molar refractivity (Wildman–Crippen MR) is 148 cm³/mol. The third kappa shape index (κ3) is 6.39. The van der Waals surface area contributed by atoms with Crippen LogP contribution in [0, 0.1) is 5.82 Å². The number of benzene rings is 3. The van der Waals surface area contributed by atoms with Gasteiger partial charge in [-0.2, -0.15) is 0 Å². The summed E-state index contributed by atoms with van der Waals surface area (Å²) >= 11 is 0. The molecule has 0 aliphatic carbocycles. The van der Waals surface area contributed by atoms with Crippen LogP contribution in [0.4, 0.5) is 4.39 Å². The van der Waals surface area contributed by atoms with Crippen molar-refractivity contribution < 1.29 is 27.2 Å². The van der Waals surface area contributed by atoms with Crippen molar-refractivity contribution in [2.24, 2.45) is 0 Å². The first-order chi connectivity index (χ1) is 18.9. The van der Waals surface area contributed by atoms with Crippen LogP contribution in [0.5, 0.6) is 0 Å². The van der Waals surface area contributed by atoms with E-state index in [4.69, 9.17) is 0 Å². The molecule has 1 heterocycles. The zero-order valence-electron chi connectivity index (χ0n) is 22.6. The molecule has 0 saturated carbocycles. The Labute approximate surface area is 233 Å². The van der Waals surface area contributed by atoms with Gasteiger partial charge in [0.1, 0.15) is 16.8 Å². The van der Waals surface area contributed by atoms with Crippen molar-refractivity contribution in [1.29, 1.82) is 0 Å². The van der Waals surface area contributed by atoms with Crippen molar-refractivity contribution in [3.63, 3.8) is 0 Å². The second kappa shape index (κ2) is 11.6. The Bertz CT molecular complexity index is 1520. The number of rotatable bonds is 9. The maximum atomic E-state index is 14.7. The van der Waals surface area contributed by atoms with Gasteiger partial charge in [-0.1, -0.05) is 60.7 Å². The molecule has 3 aromatic rings. The molecule has 1 atom stereocenters. The van der Waals surface area contributed by atoms with Crippen LogP contribution in [0.1, 0.15) is 48.7 Å². The molecule has 3 amide bonds. The number of fused-ring (bicyclic) bond motifs is 1. The van der Waals surface area contributed by atoms with E-state index < -0.39 is 51.7 Å². The van der Waals surface area contributed by atoms with Gasteiger partial charge in [0, 0.05) is 37.0 Å². The zero-order valence-corrected chi connectivity index (χ0v) is 23.4. The van der Waals surface area contributed by atoms with Gasteiger partial charge in [0.25, 0.3) is 15.9 Å². The summed E-state index contributed by atoms with van der Waals surface area (Å²) in [5.74, 6) is -2.27. The summed E-state index contributed by atoms with van der Waals surface area (Å²) < 4.78 is 41.5. The number of nitrogens with zero attached hydrogens (tertiary/aromatic N) is 2. The lowest BCUT2D eigenvalue weighted by Crippen LogP contribution is -2.54. The fraction of sp³-hybridized carbons (Fsp3) is 0.300. The highest BCUT2D eigenvalue weighted by atomic mass is 32.2. The number of hydrogen-bond donors (Lipinski definition) is 1. The molecular weight excluding hydrogens is 533 g/mol. The van der Waals surface area contributed by atoms with E-state index in [1.807, 2.05) is 51.1 Å². The van der Waals surface area contributed by atoms with Crippen molar-refractivity contribution in [3.8, 4) is 0 Å². The van der Waals surface area contributed by atoms with Crippen LogP contribution < -0.4 is 5.32 Å². The fourth-order valence-corrected chi connectivity index (χ4v) is 6.18. The van der Waals surface area contributed by atoms with Crippen LogP contribution in [0.25, 0.3) is 0 Å². The molecule has 1 unspecified atom stereocenters. The van der Waals surface area contributed by atoms with E-state index in [9.17, 15) is 27.2 Å². The number of carbonyl (C=O) groups excluding carboxylic acids is 3. The van der Waals surface area contributed by atoms with Crippen molar-refractivity contribution in [2.75, 3.05) is 6.54 Å². The summed E-state index contributed by atoms with van der Waals surface area (Å²) in [5, 5.41) is 2.92. The minimum atomic E-state index is -4.12. The van der Waals surface area contributed by atoms with Crippen LogP contribution in [0.2, 0.25) is 0 Å². The Morgan fingerprint density at radius 3 is 2.23 bits per heavy atom. The number of carbonyl (C=O) groups is 3. The maximum Gasteiger partial charge on any atom is 0.269 e. The summed E-state index contributed by atoms with van der Waals surface area (Å²) in [6.45, 7) is 4.81. The number of nitrogens with one attached hydrogen (secondary N) is 1. The van der Waals surface area contributed by atoms with Crippen LogP contribution in [-0.2, 0) is 32.6 Å². The first-order valence-corrected chi connectivity index (χ1v) is 14.4. The molecule has 10 heteroatoms. The smallest absolute Gasteiger partial charge is 0.269 e. The largest absolute Gasteiger partial charge is 0.350 e. The Morgan fingerprint density at radius 1 is 0.950 bits per heavy atom. The lowest BCUT2D eigenvalue weighted by molar-refractivity contribution is -0.142. The summed E-state index contributed by atoms with van der Waals surface area (Å²) in [6.07, 6.45) is -0.239. The fourth-order valence-electron chi connectivity index (χ4n) is 4.61. The van der Waals surface area contributed by atoms with E-state index in [0.717, 1.165) is 5.56 Å². The number of halogens is 1. The number of hydrogen-bond acceptors (Lipinski definition) is 5. The number of sulfonamides is 1. The molecule has 1 aliphatic heterocycles. The van der Waals surface area contributed by atoms with Gasteiger partial charge in [-0.15, -0.1) is 0 Å². The molecule has 8 nitrogen and oxygen atoms in total. The summed E-state index contributed by atoms with van der Waals surface area (Å²) in [6, 6.07) is 19.9. The normalized spacial score (nSPS) is 14.9.